The molecule has 3 aromatic carbocycles. The van der Waals surface area contributed by atoms with Crippen LogP contribution in [0.2, 0.25) is 0 Å². The fourth-order valence-electron chi connectivity index (χ4n) is 4.29. The number of hydrogen-bond acceptors (Lipinski definition) is 9. The van der Waals surface area contributed by atoms with Gasteiger partial charge in [0.25, 0.3) is 0 Å². The highest BCUT2D eigenvalue weighted by molar-refractivity contribution is 7.90. The van der Waals surface area contributed by atoms with Gasteiger partial charge in [-0.05, 0) is 78.6 Å². The first-order chi connectivity index (χ1) is 20.8. The van der Waals surface area contributed by atoms with Gasteiger partial charge in [-0.15, -0.1) is 0 Å². The van der Waals surface area contributed by atoms with E-state index < -0.39 is 9.84 Å². The van der Waals surface area contributed by atoms with Gasteiger partial charge in [0.2, 0.25) is 5.95 Å². The monoisotopic (exact) mass is 595 g/mol. The van der Waals surface area contributed by atoms with Gasteiger partial charge in [-0.25, -0.2) is 12.8 Å². The quantitative estimate of drug-likeness (QED) is 0.120. The summed E-state index contributed by atoms with van der Waals surface area (Å²) in [5.41, 5.74) is 7.81. The minimum absolute atomic E-state index is 0.234. The van der Waals surface area contributed by atoms with Crippen LogP contribution in [0.3, 0.4) is 0 Å². The first kappa shape index (κ1) is 29.3. The van der Waals surface area contributed by atoms with Gasteiger partial charge >= 0.3 is 0 Å². The number of hydrogen-bond donors (Lipinski definition) is 3. The first-order valence-corrected chi connectivity index (χ1v) is 15.4. The molecule has 0 spiro atoms. The molecule has 0 saturated heterocycles. The third-order valence-electron chi connectivity index (χ3n) is 6.56. The maximum Gasteiger partial charge on any atom is 0.231 e. The zero-order valence-corrected chi connectivity index (χ0v) is 24.4. The average molecular weight is 596 g/mol. The molecule has 0 aliphatic heterocycles. The Morgan fingerprint density at radius 1 is 0.860 bits per heavy atom. The number of hydrazone groups is 1. The zero-order valence-electron chi connectivity index (χ0n) is 23.6. The topological polar surface area (TPSA) is 121 Å². The lowest BCUT2D eigenvalue weighted by molar-refractivity contribution is 0.602. The standard InChI is InChI=1S/C32H30FN7O2S/c1-22(24-8-14-28(15-9-24)43(2,41)42)39-40-31-29(25-6-4-3-5-7-25)30(35-21-18-23-16-19-34-20-17-23)37-32(38-31)36-27-12-10-26(33)11-13-27/h3-17,19-20H,18,21H2,1-2H3,(H3,35,36,37,38,40). The summed E-state index contributed by atoms with van der Waals surface area (Å²) in [5, 5.41) is 11.2. The summed E-state index contributed by atoms with van der Waals surface area (Å²) < 4.78 is 37.3. The van der Waals surface area contributed by atoms with Gasteiger partial charge in [0.15, 0.2) is 15.7 Å². The second kappa shape index (κ2) is 13.2. The average Bonchev–Trinajstić information content (AvgIpc) is 3.01. The normalized spacial score (nSPS) is 11.7. The lowest BCUT2D eigenvalue weighted by Crippen LogP contribution is -2.12. The van der Waals surface area contributed by atoms with Crippen molar-refractivity contribution in [3.8, 4) is 11.1 Å². The molecule has 218 valence electrons. The van der Waals surface area contributed by atoms with Crippen molar-refractivity contribution in [3.05, 3.63) is 120 Å². The summed E-state index contributed by atoms with van der Waals surface area (Å²) in [6, 6.07) is 26.1. The van der Waals surface area contributed by atoms with Gasteiger partial charge < -0.3 is 10.6 Å². The van der Waals surface area contributed by atoms with Gasteiger partial charge in [-0.3, -0.25) is 10.4 Å². The van der Waals surface area contributed by atoms with Crippen LogP contribution >= 0.6 is 0 Å². The summed E-state index contributed by atoms with van der Waals surface area (Å²) in [6.45, 7) is 2.41. The van der Waals surface area contributed by atoms with Gasteiger partial charge in [0.1, 0.15) is 11.6 Å². The van der Waals surface area contributed by atoms with Crippen LogP contribution in [0.1, 0.15) is 18.1 Å². The molecule has 0 aliphatic carbocycles. The molecule has 2 aromatic heterocycles. The van der Waals surface area contributed by atoms with E-state index in [-0.39, 0.29) is 16.7 Å². The number of aromatic nitrogens is 3. The largest absolute Gasteiger partial charge is 0.369 e. The fourth-order valence-corrected chi connectivity index (χ4v) is 4.92. The molecule has 3 N–H and O–H groups in total. The van der Waals surface area contributed by atoms with Crippen molar-refractivity contribution >= 4 is 38.8 Å². The number of rotatable bonds is 11. The van der Waals surface area contributed by atoms with Crippen LogP contribution in [0.4, 0.5) is 27.7 Å². The molecular weight excluding hydrogens is 565 g/mol. The predicted octanol–water partition coefficient (Wildman–Crippen LogP) is 6.32. The van der Waals surface area contributed by atoms with E-state index >= 15 is 0 Å². The molecule has 11 heteroatoms. The van der Waals surface area contributed by atoms with E-state index in [9.17, 15) is 12.8 Å². The minimum atomic E-state index is -3.31. The Morgan fingerprint density at radius 3 is 2.21 bits per heavy atom. The summed E-state index contributed by atoms with van der Waals surface area (Å²) >= 11 is 0. The first-order valence-electron chi connectivity index (χ1n) is 13.5. The highest BCUT2D eigenvalue weighted by Crippen LogP contribution is 2.35. The van der Waals surface area contributed by atoms with Crippen LogP contribution in [0.5, 0.6) is 0 Å². The number of nitrogens with zero attached hydrogens (tertiary/aromatic N) is 4. The lowest BCUT2D eigenvalue weighted by atomic mass is 10.1. The second-order valence-electron chi connectivity index (χ2n) is 9.76. The summed E-state index contributed by atoms with van der Waals surface area (Å²) in [6.07, 6.45) is 5.43. The molecule has 0 bridgehead atoms. The summed E-state index contributed by atoms with van der Waals surface area (Å²) in [4.78, 5) is 13.9. The number of nitrogens with one attached hydrogen (secondary N) is 3. The molecule has 9 nitrogen and oxygen atoms in total. The molecular formula is C32H30FN7O2S. The van der Waals surface area contributed by atoms with E-state index in [1.807, 2.05) is 49.4 Å². The third-order valence-corrected chi connectivity index (χ3v) is 7.69. The summed E-state index contributed by atoms with van der Waals surface area (Å²) in [5.74, 6) is 0.948. The van der Waals surface area contributed by atoms with Gasteiger partial charge in [0.05, 0.1) is 16.2 Å². The maximum atomic E-state index is 13.5. The molecule has 0 atom stereocenters. The Kier molecular flexibility index (Phi) is 9.02. The molecule has 43 heavy (non-hydrogen) atoms. The van der Waals surface area contributed by atoms with Crippen molar-refractivity contribution in [1.29, 1.82) is 0 Å². The minimum Gasteiger partial charge on any atom is -0.369 e. The van der Waals surface area contributed by atoms with Crippen molar-refractivity contribution < 1.29 is 12.8 Å². The smallest absolute Gasteiger partial charge is 0.231 e. The Morgan fingerprint density at radius 2 is 1.53 bits per heavy atom. The predicted molar refractivity (Wildman–Crippen MR) is 169 cm³/mol. The number of anilines is 4. The van der Waals surface area contributed by atoms with Crippen LogP contribution in [-0.4, -0.2) is 41.9 Å². The number of sulfone groups is 1. The molecule has 0 fully saturated rings. The Bertz CT molecular complexity index is 1820. The SMILES string of the molecule is CC(=NNc1nc(Nc2ccc(F)cc2)nc(NCCc2ccncc2)c1-c1ccccc1)c1ccc(S(C)(=O)=O)cc1. The Labute approximate surface area is 249 Å². The van der Waals surface area contributed by atoms with E-state index in [1.165, 1.54) is 18.4 Å². The molecule has 0 saturated carbocycles. The molecule has 5 rings (SSSR count). The third kappa shape index (κ3) is 7.77. The van der Waals surface area contributed by atoms with Crippen LogP contribution in [-0.2, 0) is 16.3 Å². The molecule has 0 unspecified atom stereocenters. The molecule has 2 heterocycles. The highest BCUT2D eigenvalue weighted by atomic mass is 32.2. The van der Waals surface area contributed by atoms with E-state index in [0.717, 1.165) is 23.1 Å². The maximum absolute atomic E-state index is 13.5. The fraction of sp³-hybridized carbons (Fsp3) is 0.125. The van der Waals surface area contributed by atoms with Crippen molar-refractivity contribution in [1.82, 2.24) is 15.0 Å². The zero-order chi connectivity index (χ0) is 30.2. The van der Waals surface area contributed by atoms with E-state index in [0.29, 0.717) is 35.1 Å². The van der Waals surface area contributed by atoms with Gasteiger partial charge in [-0.2, -0.15) is 15.1 Å². The Balaban J connectivity index is 1.52. The van der Waals surface area contributed by atoms with Crippen LogP contribution in [0.15, 0.2) is 113 Å². The van der Waals surface area contributed by atoms with E-state index in [4.69, 9.17) is 9.97 Å². The molecule has 0 amide bonds. The van der Waals surface area contributed by atoms with Crippen molar-refractivity contribution in [2.75, 3.05) is 28.9 Å². The van der Waals surface area contributed by atoms with Crippen LogP contribution in [0, 0.1) is 5.82 Å². The summed E-state index contributed by atoms with van der Waals surface area (Å²) in [7, 11) is -3.31. The molecule has 0 aliphatic rings. The molecule has 5 aromatic rings. The van der Waals surface area contributed by atoms with E-state index in [2.05, 4.69) is 26.1 Å². The van der Waals surface area contributed by atoms with Gasteiger partial charge in [0, 0.05) is 30.9 Å². The van der Waals surface area contributed by atoms with Crippen molar-refractivity contribution in [3.63, 3.8) is 0 Å². The number of benzene rings is 3. The Hall–Kier alpha value is -5.16. The second-order valence-corrected chi connectivity index (χ2v) is 11.8. The lowest BCUT2D eigenvalue weighted by Gasteiger charge is -2.17. The van der Waals surface area contributed by atoms with Crippen LogP contribution < -0.4 is 16.1 Å². The van der Waals surface area contributed by atoms with Gasteiger partial charge in [-0.1, -0.05) is 42.5 Å². The number of halogens is 1. The van der Waals surface area contributed by atoms with Crippen molar-refractivity contribution in [2.24, 2.45) is 5.10 Å². The highest BCUT2D eigenvalue weighted by Gasteiger charge is 2.17. The van der Waals surface area contributed by atoms with Crippen molar-refractivity contribution in [2.45, 2.75) is 18.2 Å². The molecule has 0 radical (unpaired) electrons. The van der Waals surface area contributed by atoms with E-state index in [1.54, 1.807) is 48.8 Å². The number of pyridine rings is 1. The van der Waals surface area contributed by atoms with Crippen LogP contribution in [0.25, 0.3) is 11.1 Å².